The highest BCUT2D eigenvalue weighted by Gasteiger charge is 2.20. The van der Waals surface area contributed by atoms with Crippen LogP contribution in [0.2, 0.25) is 4.34 Å². The molecule has 0 bridgehead atoms. The topological polar surface area (TPSA) is 30.5 Å². The fraction of sp³-hybridized carbons (Fsp3) is 0.375. The third-order valence-corrected chi connectivity index (χ3v) is 4.52. The van der Waals surface area contributed by atoms with E-state index in [1.54, 1.807) is 25.6 Å². The molecule has 3 nitrogen and oxygen atoms in total. The monoisotopic (exact) mass is 325 g/mol. The molecule has 0 aliphatic rings. The number of rotatable bonds is 7. The van der Waals surface area contributed by atoms with Gasteiger partial charge in [0.15, 0.2) is 0 Å². The molecular formula is C16H20ClNO2S. The zero-order chi connectivity index (χ0) is 15.2. The van der Waals surface area contributed by atoms with Crippen molar-refractivity contribution in [2.24, 2.45) is 0 Å². The third-order valence-electron chi connectivity index (χ3n) is 3.22. The van der Waals surface area contributed by atoms with Crippen LogP contribution in [0.5, 0.6) is 11.5 Å². The van der Waals surface area contributed by atoms with Gasteiger partial charge in [-0.15, -0.1) is 11.3 Å². The van der Waals surface area contributed by atoms with Crippen molar-refractivity contribution in [1.82, 2.24) is 5.32 Å². The van der Waals surface area contributed by atoms with E-state index in [-0.39, 0.29) is 6.04 Å². The summed E-state index contributed by atoms with van der Waals surface area (Å²) in [6, 6.07) is 9.88. The lowest BCUT2D eigenvalue weighted by Gasteiger charge is -2.21. The first kappa shape index (κ1) is 16.1. The summed E-state index contributed by atoms with van der Waals surface area (Å²) in [6.45, 7) is 3.06. The zero-order valence-corrected chi connectivity index (χ0v) is 14.1. The van der Waals surface area contributed by atoms with Crippen molar-refractivity contribution in [2.45, 2.75) is 19.4 Å². The Bertz CT molecular complexity index is 585. The van der Waals surface area contributed by atoms with Gasteiger partial charge in [-0.05, 0) is 43.3 Å². The molecule has 5 heteroatoms. The largest absolute Gasteiger partial charge is 0.497 e. The summed E-state index contributed by atoms with van der Waals surface area (Å²) in [6.07, 6.45) is 1.06. The highest BCUT2D eigenvalue weighted by atomic mass is 35.5. The maximum Gasteiger partial charge on any atom is 0.124 e. The summed E-state index contributed by atoms with van der Waals surface area (Å²) >= 11 is 7.67. The highest BCUT2D eigenvalue weighted by molar-refractivity contribution is 7.16. The van der Waals surface area contributed by atoms with Crippen LogP contribution in [-0.2, 0) is 0 Å². The van der Waals surface area contributed by atoms with Gasteiger partial charge in [0.05, 0.1) is 24.6 Å². The Hall–Kier alpha value is -1.23. The number of thiophene rings is 1. The molecule has 21 heavy (non-hydrogen) atoms. The SMILES string of the molecule is CCCNC(c1ccc(Cl)s1)c1cc(OC)ccc1OC. The van der Waals surface area contributed by atoms with Crippen molar-refractivity contribution in [3.8, 4) is 11.5 Å². The second-order valence-corrected chi connectivity index (χ2v) is 6.38. The van der Waals surface area contributed by atoms with E-state index in [2.05, 4.69) is 18.3 Å². The second kappa shape index (κ2) is 7.69. The van der Waals surface area contributed by atoms with Gasteiger partial charge >= 0.3 is 0 Å². The third kappa shape index (κ3) is 3.90. The molecule has 1 heterocycles. The first-order valence-corrected chi connectivity index (χ1v) is 8.09. The fourth-order valence-corrected chi connectivity index (χ4v) is 3.36. The molecular weight excluding hydrogens is 306 g/mol. The van der Waals surface area contributed by atoms with Crippen LogP contribution >= 0.6 is 22.9 Å². The molecule has 0 aliphatic carbocycles. The molecule has 0 aliphatic heterocycles. The second-order valence-electron chi connectivity index (χ2n) is 4.64. The standard InChI is InChI=1S/C16H20ClNO2S/c1-4-9-18-16(14-7-8-15(17)21-14)12-10-11(19-2)5-6-13(12)20-3/h5-8,10,16,18H,4,9H2,1-3H3. The van der Waals surface area contributed by atoms with E-state index in [0.29, 0.717) is 0 Å². The first-order valence-electron chi connectivity index (χ1n) is 6.90. The van der Waals surface area contributed by atoms with Crippen LogP contribution in [0.25, 0.3) is 0 Å². The Morgan fingerprint density at radius 3 is 2.57 bits per heavy atom. The van der Waals surface area contributed by atoms with Crippen molar-refractivity contribution in [3.05, 3.63) is 45.1 Å². The average molecular weight is 326 g/mol. The van der Waals surface area contributed by atoms with Gasteiger partial charge in [-0.25, -0.2) is 0 Å². The lowest BCUT2D eigenvalue weighted by molar-refractivity contribution is 0.394. The molecule has 114 valence electrons. The van der Waals surface area contributed by atoms with Crippen LogP contribution in [-0.4, -0.2) is 20.8 Å². The molecule has 0 amide bonds. The summed E-state index contributed by atoms with van der Waals surface area (Å²) in [4.78, 5) is 1.17. The lowest BCUT2D eigenvalue weighted by atomic mass is 10.0. The van der Waals surface area contributed by atoms with Gasteiger partial charge in [0.25, 0.3) is 0 Å². The molecule has 2 rings (SSSR count). The van der Waals surface area contributed by atoms with Gasteiger partial charge in [0.2, 0.25) is 0 Å². The maximum absolute atomic E-state index is 6.09. The molecule has 1 N–H and O–H groups in total. The molecule has 1 aromatic carbocycles. The summed E-state index contributed by atoms with van der Waals surface area (Å²) in [5, 5.41) is 3.56. The summed E-state index contributed by atoms with van der Waals surface area (Å²) < 4.78 is 11.6. The molecule has 2 aromatic rings. The molecule has 1 atom stereocenters. The van der Waals surface area contributed by atoms with Gasteiger partial charge < -0.3 is 14.8 Å². The Kier molecular flexibility index (Phi) is 5.91. The van der Waals surface area contributed by atoms with Crippen LogP contribution in [0.3, 0.4) is 0 Å². The molecule has 0 fully saturated rings. The first-order chi connectivity index (χ1) is 10.2. The summed E-state index contributed by atoms with van der Waals surface area (Å²) in [7, 11) is 3.35. The van der Waals surface area contributed by atoms with Gasteiger partial charge in [0.1, 0.15) is 11.5 Å². The zero-order valence-electron chi connectivity index (χ0n) is 12.5. The summed E-state index contributed by atoms with van der Waals surface area (Å²) in [5.41, 5.74) is 1.06. The van der Waals surface area contributed by atoms with Gasteiger partial charge in [-0.2, -0.15) is 0 Å². The Morgan fingerprint density at radius 2 is 2.00 bits per heavy atom. The Balaban J connectivity index is 2.44. The van der Waals surface area contributed by atoms with Crippen molar-refractivity contribution >= 4 is 22.9 Å². The quantitative estimate of drug-likeness (QED) is 0.812. The normalized spacial score (nSPS) is 12.2. The minimum Gasteiger partial charge on any atom is -0.497 e. The van der Waals surface area contributed by atoms with Crippen molar-refractivity contribution in [1.29, 1.82) is 0 Å². The predicted molar refractivity (Wildman–Crippen MR) is 89.0 cm³/mol. The number of ether oxygens (including phenoxy) is 2. The lowest BCUT2D eigenvalue weighted by Crippen LogP contribution is -2.23. The Labute approximate surface area is 134 Å². The van der Waals surface area contributed by atoms with Crippen LogP contribution < -0.4 is 14.8 Å². The van der Waals surface area contributed by atoms with Crippen LogP contribution in [0, 0.1) is 0 Å². The van der Waals surface area contributed by atoms with Gasteiger partial charge in [-0.1, -0.05) is 18.5 Å². The van der Waals surface area contributed by atoms with E-state index in [9.17, 15) is 0 Å². The molecule has 1 aromatic heterocycles. The highest BCUT2D eigenvalue weighted by Crippen LogP contribution is 2.37. The van der Waals surface area contributed by atoms with E-state index in [1.807, 2.05) is 24.3 Å². The van der Waals surface area contributed by atoms with E-state index >= 15 is 0 Å². The van der Waals surface area contributed by atoms with E-state index < -0.39 is 0 Å². The van der Waals surface area contributed by atoms with Crippen LogP contribution in [0.4, 0.5) is 0 Å². The summed E-state index contributed by atoms with van der Waals surface area (Å²) in [5.74, 6) is 1.66. The number of hydrogen-bond donors (Lipinski definition) is 1. The van der Waals surface area contributed by atoms with Crippen LogP contribution in [0.1, 0.15) is 29.8 Å². The average Bonchev–Trinajstić information content (AvgIpc) is 2.93. The molecule has 1 unspecified atom stereocenters. The molecule has 0 spiro atoms. The van der Waals surface area contributed by atoms with Crippen molar-refractivity contribution < 1.29 is 9.47 Å². The number of hydrogen-bond acceptors (Lipinski definition) is 4. The van der Waals surface area contributed by atoms with Crippen molar-refractivity contribution in [3.63, 3.8) is 0 Å². The van der Waals surface area contributed by atoms with Gasteiger partial charge in [0, 0.05) is 10.4 Å². The van der Waals surface area contributed by atoms with Crippen molar-refractivity contribution in [2.75, 3.05) is 20.8 Å². The van der Waals surface area contributed by atoms with Gasteiger partial charge in [-0.3, -0.25) is 0 Å². The number of halogens is 1. The fourth-order valence-electron chi connectivity index (χ4n) is 2.20. The van der Waals surface area contributed by atoms with E-state index in [4.69, 9.17) is 21.1 Å². The maximum atomic E-state index is 6.09. The predicted octanol–water partition coefficient (Wildman–Crippen LogP) is 4.51. The molecule has 0 radical (unpaired) electrons. The smallest absolute Gasteiger partial charge is 0.124 e. The number of benzene rings is 1. The van der Waals surface area contributed by atoms with Crippen LogP contribution in [0.15, 0.2) is 30.3 Å². The number of nitrogens with one attached hydrogen (secondary N) is 1. The Morgan fingerprint density at radius 1 is 1.19 bits per heavy atom. The molecule has 0 saturated heterocycles. The van der Waals surface area contributed by atoms with E-state index in [1.165, 1.54) is 4.88 Å². The minimum absolute atomic E-state index is 0.0486. The minimum atomic E-state index is 0.0486. The van der Waals surface area contributed by atoms with E-state index in [0.717, 1.165) is 34.4 Å². The number of methoxy groups -OCH3 is 2. The molecule has 0 saturated carbocycles.